The summed E-state index contributed by atoms with van der Waals surface area (Å²) in [4.78, 5) is 18.7. The number of hydrogen-bond acceptors (Lipinski definition) is 4. The van der Waals surface area contributed by atoms with E-state index < -0.39 is 15.9 Å². The lowest BCUT2D eigenvalue weighted by atomic mass is 10.0. The first-order chi connectivity index (χ1) is 10.6. The fourth-order valence-electron chi connectivity index (χ4n) is 2.64. The van der Waals surface area contributed by atoms with Crippen LogP contribution in [0, 0.1) is 13.8 Å². The van der Waals surface area contributed by atoms with Gasteiger partial charge in [0.25, 0.3) is 5.91 Å². The molecule has 1 heterocycles. The van der Waals surface area contributed by atoms with E-state index in [1.54, 1.807) is 26.2 Å². The van der Waals surface area contributed by atoms with Crippen LogP contribution in [-0.4, -0.2) is 49.3 Å². The Bertz CT molecular complexity index is 860. The maximum Gasteiger partial charge on any atom is 0.256 e. The van der Waals surface area contributed by atoms with Crippen LogP contribution in [0.2, 0.25) is 0 Å². The lowest BCUT2D eigenvalue weighted by Crippen LogP contribution is -2.39. The van der Waals surface area contributed by atoms with Crippen LogP contribution in [0.15, 0.2) is 24.4 Å². The van der Waals surface area contributed by atoms with Gasteiger partial charge in [0.15, 0.2) is 0 Å². The second kappa shape index (κ2) is 6.28. The zero-order valence-corrected chi connectivity index (χ0v) is 14.9. The molecule has 1 aromatic carbocycles. The first-order valence-electron chi connectivity index (χ1n) is 7.41. The number of benzene rings is 1. The SMILES string of the molecule is Cc1cc(C(=O)N(C)[C@@H](C)CS(C)(=O)=O)c2nccc(C)c2c1. The Morgan fingerprint density at radius 3 is 2.57 bits per heavy atom. The van der Waals surface area contributed by atoms with E-state index in [1.165, 1.54) is 11.2 Å². The topological polar surface area (TPSA) is 67.3 Å². The van der Waals surface area contributed by atoms with Crippen LogP contribution >= 0.6 is 0 Å². The zero-order chi connectivity index (χ0) is 17.4. The summed E-state index contributed by atoms with van der Waals surface area (Å²) >= 11 is 0. The Hall–Kier alpha value is -1.95. The minimum absolute atomic E-state index is 0.0640. The standard InChI is InChI=1S/C17H22N2O3S/c1-11-8-14-12(2)6-7-18-16(14)15(9-11)17(20)19(4)13(3)10-23(5,21)22/h6-9,13H,10H2,1-5H3/t13-/m0/s1. The quantitative estimate of drug-likeness (QED) is 0.861. The highest BCUT2D eigenvalue weighted by Gasteiger charge is 2.23. The summed E-state index contributed by atoms with van der Waals surface area (Å²) in [5, 5.41) is 0.944. The molecule has 5 nitrogen and oxygen atoms in total. The molecule has 0 spiro atoms. The number of pyridine rings is 1. The number of hydrogen-bond donors (Lipinski definition) is 0. The van der Waals surface area contributed by atoms with E-state index in [-0.39, 0.29) is 11.7 Å². The molecule has 0 aliphatic heterocycles. The highest BCUT2D eigenvalue weighted by Crippen LogP contribution is 2.23. The van der Waals surface area contributed by atoms with E-state index in [0.717, 1.165) is 16.5 Å². The van der Waals surface area contributed by atoms with Gasteiger partial charge >= 0.3 is 0 Å². The molecule has 0 saturated carbocycles. The van der Waals surface area contributed by atoms with Crippen LogP contribution in [0.4, 0.5) is 0 Å². The molecule has 0 unspecified atom stereocenters. The number of rotatable bonds is 4. The Kier molecular flexibility index (Phi) is 4.75. The molecule has 0 aliphatic carbocycles. The summed E-state index contributed by atoms with van der Waals surface area (Å²) in [6.45, 7) is 5.64. The van der Waals surface area contributed by atoms with Crippen molar-refractivity contribution < 1.29 is 13.2 Å². The van der Waals surface area contributed by atoms with Crippen LogP contribution in [-0.2, 0) is 9.84 Å². The van der Waals surface area contributed by atoms with Crippen molar-refractivity contribution in [3.8, 4) is 0 Å². The molecule has 0 bridgehead atoms. The van der Waals surface area contributed by atoms with E-state index in [9.17, 15) is 13.2 Å². The van der Waals surface area contributed by atoms with Gasteiger partial charge in [0.05, 0.1) is 16.8 Å². The summed E-state index contributed by atoms with van der Waals surface area (Å²) in [6.07, 6.45) is 2.86. The molecule has 23 heavy (non-hydrogen) atoms. The van der Waals surface area contributed by atoms with Gasteiger partial charge in [0, 0.05) is 30.9 Å². The van der Waals surface area contributed by atoms with Crippen molar-refractivity contribution in [1.29, 1.82) is 0 Å². The monoisotopic (exact) mass is 334 g/mol. The third-order valence-corrected chi connectivity index (χ3v) is 5.05. The van der Waals surface area contributed by atoms with Crippen LogP contribution in [0.5, 0.6) is 0 Å². The number of aromatic nitrogens is 1. The van der Waals surface area contributed by atoms with Crippen molar-refractivity contribution >= 4 is 26.6 Å². The molecule has 0 saturated heterocycles. The van der Waals surface area contributed by atoms with E-state index in [1.807, 2.05) is 26.0 Å². The Morgan fingerprint density at radius 2 is 1.96 bits per heavy atom. The molecule has 124 valence electrons. The fourth-order valence-corrected chi connectivity index (χ4v) is 3.73. The molecular weight excluding hydrogens is 312 g/mol. The average Bonchev–Trinajstić information content (AvgIpc) is 2.44. The van der Waals surface area contributed by atoms with Gasteiger partial charge < -0.3 is 4.90 Å². The van der Waals surface area contributed by atoms with Gasteiger partial charge in [-0.2, -0.15) is 0 Å². The minimum atomic E-state index is -3.15. The third kappa shape index (κ3) is 3.88. The maximum atomic E-state index is 12.8. The minimum Gasteiger partial charge on any atom is -0.338 e. The summed E-state index contributed by atoms with van der Waals surface area (Å²) in [6, 6.07) is 5.32. The van der Waals surface area contributed by atoms with Crippen molar-refractivity contribution in [3.63, 3.8) is 0 Å². The van der Waals surface area contributed by atoms with Crippen molar-refractivity contribution in [2.24, 2.45) is 0 Å². The van der Waals surface area contributed by atoms with Crippen LogP contribution in [0.25, 0.3) is 10.9 Å². The van der Waals surface area contributed by atoms with Gasteiger partial charge in [-0.15, -0.1) is 0 Å². The van der Waals surface area contributed by atoms with E-state index >= 15 is 0 Å². The van der Waals surface area contributed by atoms with Gasteiger partial charge in [-0.1, -0.05) is 0 Å². The molecule has 0 N–H and O–H groups in total. The van der Waals surface area contributed by atoms with Crippen LogP contribution in [0.3, 0.4) is 0 Å². The van der Waals surface area contributed by atoms with Gasteiger partial charge in [0.2, 0.25) is 0 Å². The number of nitrogens with zero attached hydrogens (tertiary/aromatic N) is 2. The predicted molar refractivity (Wildman–Crippen MR) is 92.5 cm³/mol. The van der Waals surface area contributed by atoms with Gasteiger partial charge in [-0.3, -0.25) is 9.78 Å². The average molecular weight is 334 g/mol. The largest absolute Gasteiger partial charge is 0.338 e. The van der Waals surface area contributed by atoms with Crippen molar-refractivity contribution in [3.05, 3.63) is 41.1 Å². The smallest absolute Gasteiger partial charge is 0.256 e. The molecule has 0 aliphatic rings. The Labute approximate surface area is 137 Å². The highest BCUT2D eigenvalue weighted by atomic mass is 32.2. The summed E-state index contributed by atoms with van der Waals surface area (Å²) in [5.74, 6) is -0.279. The van der Waals surface area contributed by atoms with Crippen molar-refractivity contribution in [1.82, 2.24) is 9.88 Å². The fraction of sp³-hybridized carbons (Fsp3) is 0.412. The van der Waals surface area contributed by atoms with Crippen molar-refractivity contribution in [2.75, 3.05) is 19.1 Å². The number of carbonyl (C=O) groups excluding carboxylic acids is 1. The van der Waals surface area contributed by atoms with E-state index in [0.29, 0.717) is 11.1 Å². The first kappa shape index (κ1) is 17.4. The predicted octanol–water partition coefficient (Wildman–Crippen LogP) is 2.36. The molecule has 1 atom stereocenters. The summed E-state index contributed by atoms with van der Waals surface area (Å²) in [5.41, 5.74) is 3.19. The van der Waals surface area contributed by atoms with Crippen molar-refractivity contribution in [2.45, 2.75) is 26.8 Å². The molecular formula is C17H22N2O3S. The second-order valence-corrected chi connectivity index (χ2v) is 8.38. The number of fused-ring (bicyclic) bond motifs is 1. The maximum absolute atomic E-state index is 12.8. The Balaban J connectivity index is 2.47. The molecule has 2 aromatic rings. The lowest BCUT2D eigenvalue weighted by Gasteiger charge is -2.25. The molecule has 0 fully saturated rings. The van der Waals surface area contributed by atoms with Gasteiger partial charge in [-0.25, -0.2) is 8.42 Å². The van der Waals surface area contributed by atoms with Gasteiger partial charge in [0.1, 0.15) is 9.84 Å². The highest BCUT2D eigenvalue weighted by molar-refractivity contribution is 7.90. The number of carbonyl (C=O) groups is 1. The van der Waals surface area contributed by atoms with Crippen LogP contribution < -0.4 is 0 Å². The third-order valence-electron chi connectivity index (χ3n) is 3.96. The number of aryl methyl sites for hydroxylation is 2. The van der Waals surface area contributed by atoms with Crippen LogP contribution in [0.1, 0.15) is 28.4 Å². The van der Waals surface area contributed by atoms with E-state index in [4.69, 9.17) is 0 Å². The molecule has 6 heteroatoms. The van der Waals surface area contributed by atoms with E-state index in [2.05, 4.69) is 4.98 Å². The Morgan fingerprint density at radius 1 is 1.30 bits per heavy atom. The normalized spacial score (nSPS) is 13.1. The number of sulfone groups is 1. The lowest BCUT2D eigenvalue weighted by molar-refractivity contribution is 0.0758. The molecule has 2 rings (SSSR count). The summed E-state index contributed by atoms with van der Waals surface area (Å²) in [7, 11) is -1.52. The zero-order valence-electron chi connectivity index (χ0n) is 14.1. The number of amides is 1. The molecule has 1 amide bonds. The first-order valence-corrected chi connectivity index (χ1v) is 9.47. The second-order valence-electron chi connectivity index (χ2n) is 6.19. The summed E-state index contributed by atoms with van der Waals surface area (Å²) < 4.78 is 22.9. The molecule has 1 aromatic heterocycles. The van der Waals surface area contributed by atoms with Gasteiger partial charge in [-0.05, 0) is 50.1 Å². The molecule has 0 radical (unpaired) electrons.